The number of oxazole rings is 1. The lowest BCUT2D eigenvalue weighted by Crippen LogP contribution is -2.21. The smallest absolute Gasteiger partial charge is 0.277 e. The van der Waals surface area contributed by atoms with Gasteiger partial charge in [0.05, 0.1) is 24.4 Å². The van der Waals surface area contributed by atoms with E-state index in [0.29, 0.717) is 28.8 Å². The molecule has 4 heterocycles. The van der Waals surface area contributed by atoms with Crippen LogP contribution in [0.2, 0.25) is 0 Å². The third-order valence-electron chi connectivity index (χ3n) is 5.70. The van der Waals surface area contributed by atoms with Gasteiger partial charge in [-0.3, -0.25) is 18.7 Å². The number of ether oxygens (including phenoxy) is 1. The molecule has 0 aliphatic carbocycles. The predicted molar refractivity (Wildman–Crippen MR) is 125 cm³/mol. The number of benzene rings is 1. The van der Waals surface area contributed by atoms with Gasteiger partial charge in [0.1, 0.15) is 12.0 Å². The minimum Gasteiger partial charge on any atom is -0.494 e. The molecule has 1 amide bonds. The molecule has 0 unspecified atom stereocenters. The maximum absolute atomic E-state index is 12.9. The summed E-state index contributed by atoms with van der Waals surface area (Å²) in [5.41, 5.74) is 3.03. The van der Waals surface area contributed by atoms with Crippen molar-refractivity contribution in [1.29, 1.82) is 0 Å². The van der Waals surface area contributed by atoms with E-state index in [0.717, 1.165) is 35.0 Å². The van der Waals surface area contributed by atoms with Crippen LogP contribution in [-0.2, 0) is 10.8 Å². The first-order chi connectivity index (χ1) is 16.0. The number of nitrogens with zero attached hydrogens (tertiary/aromatic N) is 4. The van der Waals surface area contributed by atoms with E-state index < -0.39 is 16.7 Å². The number of hydrogen-bond donors (Lipinski definition) is 1. The van der Waals surface area contributed by atoms with E-state index in [1.165, 1.54) is 6.26 Å². The average molecular weight is 466 g/mol. The summed E-state index contributed by atoms with van der Waals surface area (Å²) in [5.74, 6) is 1.84. The molecule has 1 aliphatic heterocycles. The molecule has 170 valence electrons. The van der Waals surface area contributed by atoms with E-state index in [4.69, 9.17) is 9.15 Å². The Balaban J connectivity index is 1.39. The third kappa shape index (κ3) is 4.38. The van der Waals surface area contributed by atoms with Crippen molar-refractivity contribution in [2.75, 3.05) is 23.9 Å². The Labute approximate surface area is 192 Å². The normalized spacial score (nSPS) is 18.4. The van der Waals surface area contributed by atoms with Gasteiger partial charge < -0.3 is 14.5 Å². The van der Waals surface area contributed by atoms with E-state index in [-0.39, 0.29) is 11.7 Å². The van der Waals surface area contributed by atoms with Gasteiger partial charge in [0.15, 0.2) is 5.69 Å². The first kappa shape index (κ1) is 21.3. The van der Waals surface area contributed by atoms with Crippen LogP contribution in [-0.4, -0.2) is 48.5 Å². The van der Waals surface area contributed by atoms with Gasteiger partial charge >= 0.3 is 0 Å². The molecule has 1 fully saturated rings. The van der Waals surface area contributed by atoms with E-state index in [1.807, 2.05) is 29.9 Å². The second-order valence-corrected chi connectivity index (χ2v) is 9.67. The van der Waals surface area contributed by atoms with Gasteiger partial charge in [-0.15, -0.1) is 0 Å². The Morgan fingerprint density at radius 1 is 1.27 bits per heavy atom. The number of methoxy groups -OCH3 is 1. The van der Waals surface area contributed by atoms with Gasteiger partial charge in [0.25, 0.3) is 5.91 Å². The number of fused-ring (bicyclic) bond motifs is 1. The van der Waals surface area contributed by atoms with Crippen molar-refractivity contribution in [3.63, 3.8) is 0 Å². The molecule has 1 aromatic carbocycles. The van der Waals surface area contributed by atoms with Crippen LogP contribution in [0.1, 0.15) is 35.1 Å². The second kappa shape index (κ2) is 8.78. The summed E-state index contributed by atoms with van der Waals surface area (Å²) in [6.45, 7) is 1.87. The molecule has 1 saturated heterocycles. The minimum atomic E-state index is -0.723. The fraction of sp³-hybridized carbons (Fsp3) is 0.304. The Morgan fingerprint density at radius 3 is 2.85 bits per heavy atom. The molecule has 5 rings (SSSR count). The van der Waals surface area contributed by atoms with Crippen LogP contribution < -0.4 is 10.1 Å². The van der Waals surface area contributed by atoms with E-state index in [2.05, 4.69) is 20.4 Å². The molecule has 33 heavy (non-hydrogen) atoms. The molecule has 0 atom stereocenters. The van der Waals surface area contributed by atoms with Crippen molar-refractivity contribution in [1.82, 2.24) is 19.7 Å². The van der Waals surface area contributed by atoms with Crippen molar-refractivity contribution in [2.24, 2.45) is 0 Å². The first-order valence-electron chi connectivity index (χ1n) is 10.6. The summed E-state index contributed by atoms with van der Waals surface area (Å²) < 4.78 is 24.6. The van der Waals surface area contributed by atoms with E-state index >= 15 is 0 Å². The van der Waals surface area contributed by atoms with E-state index in [9.17, 15) is 9.00 Å². The molecule has 4 aromatic rings. The van der Waals surface area contributed by atoms with Crippen molar-refractivity contribution in [2.45, 2.75) is 25.8 Å². The summed E-state index contributed by atoms with van der Waals surface area (Å²) in [5, 5.41) is 8.43. The molecule has 0 radical (unpaired) electrons. The van der Waals surface area contributed by atoms with Gasteiger partial charge in [-0.1, -0.05) is 0 Å². The van der Waals surface area contributed by atoms with Crippen LogP contribution in [0.3, 0.4) is 0 Å². The summed E-state index contributed by atoms with van der Waals surface area (Å²) in [4.78, 5) is 21.3. The number of aromatic nitrogens is 4. The maximum Gasteiger partial charge on any atom is 0.277 e. The van der Waals surface area contributed by atoms with Gasteiger partial charge in [0.2, 0.25) is 5.89 Å². The van der Waals surface area contributed by atoms with Gasteiger partial charge in [-0.25, -0.2) is 4.98 Å². The molecule has 10 heteroatoms. The fourth-order valence-electron chi connectivity index (χ4n) is 3.95. The highest BCUT2D eigenvalue weighted by Gasteiger charge is 2.22. The fourth-order valence-corrected chi connectivity index (χ4v) is 5.22. The third-order valence-corrected chi connectivity index (χ3v) is 7.09. The lowest BCUT2D eigenvalue weighted by Gasteiger charge is -2.21. The molecule has 3 aromatic heterocycles. The number of anilines is 1. The van der Waals surface area contributed by atoms with Crippen LogP contribution >= 0.6 is 0 Å². The molecule has 0 bridgehead atoms. The average Bonchev–Trinajstić information content (AvgIpc) is 3.46. The lowest BCUT2D eigenvalue weighted by molar-refractivity contribution is 0.102. The van der Waals surface area contributed by atoms with Crippen molar-refractivity contribution in [3.05, 3.63) is 54.3 Å². The summed E-state index contributed by atoms with van der Waals surface area (Å²) in [6, 6.07) is 7.48. The topological polar surface area (TPSA) is 112 Å². The van der Waals surface area contributed by atoms with Gasteiger partial charge in [0, 0.05) is 57.4 Å². The number of carbonyl (C=O) groups is 1. The monoisotopic (exact) mass is 465 g/mol. The molecule has 0 spiro atoms. The highest BCUT2D eigenvalue weighted by atomic mass is 32.2. The van der Waals surface area contributed by atoms with Gasteiger partial charge in [-0.05, 0) is 38.0 Å². The molecular formula is C23H23N5O4S. The Kier molecular flexibility index (Phi) is 5.67. The van der Waals surface area contributed by atoms with Crippen LogP contribution in [0.25, 0.3) is 22.4 Å². The maximum atomic E-state index is 12.9. The van der Waals surface area contributed by atoms with Crippen molar-refractivity contribution in [3.8, 4) is 17.2 Å². The van der Waals surface area contributed by atoms with E-state index in [1.54, 1.807) is 25.4 Å². The summed E-state index contributed by atoms with van der Waals surface area (Å²) >= 11 is 0. The quantitative estimate of drug-likeness (QED) is 0.478. The zero-order chi connectivity index (χ0) is 22.9. The standard InChI is InChI=1S/C23H23N5O4S/c1-14-9-15(3-6-24-14)23-26-20(13-32-23)22(29)25-19-10-16-12-28(17-4-7-33(30)8-5-17)27-18(16)11-21(19)31-2/h3,6,9-13,17H,4-5,7-8H2,1-2H3,(H,25,29). The number of rotatable bonds is 5. The van der Waals surface area contributed by atoms with Crippen molar-refractivity contribution >= 4 is 33.3 Å². The minimum absolute atomic E-state index is 0.160. The molecular weight excluding hydrogens is 442 g/mol. The van der Waals surface area contributed by atoms with Crippen LogP contribution in [0.4, 0.5) is 5.69 Å². The predicted octanol–water partition coefficient (Wildman–Crippen LogP) is 3.74. The molecule has 9 nitrogen and oxygen atoms in total. The highest BCUT2D eigenvalue weighted by molar-refractivity contribution is 7.85. The Bertz CT molecular complexity index is 1350. The number of hydrogen-bond acceptors (Lipinski definition) is 7. The van der Waals surface area contributed by atoms with Gasteiger partial charge in [-0.2, -0.15) is 5.10 Å². The molecule has 1 N–H and O–H groups in total. The zero-order valence-corrected chi connectivity index (χ0v) is 19.1. The summed E-state index contributed by atoms with van der Waals surface area (Å²) in [7, 11) is 0.823. The molecule has 1 aliphatic rings. The zero-order valence-electron chi connectivity index (χ0n) is 18.3. The first-order valence-corrected chi connectivity index (χ1v) is 12.1. The van der Waals surface area contributed by atoms with Crippen LogP contribution in [0.15, 0.2) is 47.3 Å². The Morgan fingerprint density at radius 2 is 2.09 bits per heavy atom. The van der Waals surface area contributed by atoms with Crippen LogP contribution in [0.5, 0.6) is 5.75 Å². The number of pyridine rings is 1. The number of aryl methyl sites for hydroxylation is 1. The number of carbonyl (C=O) groups excluding carboxylic acids is 1. The lowest BCUT2D eigenvalue weighted by atomic mass is 10.1. The second-order valence-electron chi connectivity index (χ2n) is 7.98. The van der Waals surface area contributed by atoms with Crippen LogP contribution in [0, 0.1) is 6.92 Å². The highest BCUT2D eigenvalue weighted by Crippen LogP contribution is 2.32. The SMILES string of the molecule is COc1cc2nn(C3CCS(=O)CC3)cc2cc1NC(=O)c1coc(-c2ccnc(C)c2)n1. The largest absolute Gasteiger partial charge is 0.494 e. The number of nitrogens with one attached hydrogen (secondary N) is 1. The molecule has 0 saturated carbocycles. The van der Waals surface area contributed by atoms with Crippen molar-refractivity contribution < 1.29 is 18.2 Å². The Hall–Kier alpha value is -3.53. The summed E-state index contributed by atoms with van der Waals surface area (Å²) in [6.07, 6.45) is 6.64. The number of amides is 1.